The van der Waals surface area contributed by atoms with Gasteiger partial charge in [0.05, 0.1) is 6.10 Å². The highest BCUT2D eigenvalue weighted by Gasteiger charge is 2.31. The van der Waals surface area contributed by atoms with Gasteiger partial charge < -0.3 is 15.7 Å². The Hall–Kier alpha value is -1.10. The Morgan fingerprint density at radius 2 is 1.95 bits per heavy atom. The summed E-state index contributed by atoms with van der Waals surface area (Å²) in [6, 6.07) is 8.08. The molecule has 3 unspecified atom stereocenters. The first kappa shape index (κ1) is 14.3. The largest absolute Gasteiger partial charge is 0.399 e. The normalized spacial score (nSPS) is 25.9. The first-order valence-corrected chi connectivity index (χ1v) is 6.89. The second-order valence-electron chi connectivity index (χ2n) is 5.91. The minimum Gasteiger partial charge on any atom is -0.399 e. The van der Waals surface area contributed by atoms with Crippen molar-refractivity contribution < 1.29 is 5.11 Å². The Balaban J connectivity index is 1.93. The van der Waals surface area contributed by atoms with Gasteiger partial charge in [0.1, 0.15) is 0 Å². The molecule has 0 amide bonds. The number of anilines is 1. The van der Waals surface area contributed by atoms with Crippen LogP contribution in [0.5, 0.6) is 0 Å². The molecular formula is C15H25N3O. The molecule has 1 aliphatic rings. The first-order valence-electron chi connectivity index (χ1n) is 6.89. The van der Waals surface area contributed by atoms with Crippen molar-refractivity contribution in [3.05, 3.63) is 29.8 Å². The zero-order valence-electron chi connectivity index (χ0n) is 12.1. The van der Waals surface area contributed by atoms with E-state index in [0.29, 0.717) is 18.5 Å². The monoisotopic (exact) mass is 263 g/mol. The smallest absolute Gasteiger partial charge is 0.0916 e. The molecule has 0 radical (unpaired) electrons. The number of nitrogen functional groups attached to an aromatic ring is 1. The average molecular weight is 263 g/mol. The number of benzene rings is 1. The van der Waals surface area contributed by atoms with Crippen molar-refractivity contribution >= 4 is 5.69 Å². The number of rotatable bonds is 4. The zero-order chi connectivity index (χ0) is 14.0. The van der Waals surface area contributed by atoms with Gasteiger partial charge in [-0.25, -0.2) is 0 Å². The molecule has 1 aromatic carbocycles. The van der Waals surface area contributed by atoms with Gasteiger partial charge in [0.25, 0.3) is 0 Å². The predicted octanol–water partition coefficient (Wildman–Crippen LogP) is 1.18. The maximum atomic E-state index is 10.3. The summed E-state index contributed by atoms with van der Waals surface area (Å²) in [6.07, 6.45) is -0.436. The van der Waals surface area contributed by atoms with E-state index in [1.54, 1.807) is 0 Å². The van der Waals surface area contributed by atoms with Crippen molar-refractivity contribution in [2.75, 3.05) is 39.5 Å². The molecule has 19 heavy (non-hydrogen) atoms. The van der Waals surface area contributed by atoms with Crippen LogP contribution in [0.15, 0.2) is 24.3 Å². The second kappa shape index (κ2) is 5.90. The lowest BCUT2D eigenvalue weighted by atomic mass is 10.1. The first-order chi connectivity index (χ1) is 8.97. The van der Waals surface area contributed by atoms with Crippen LogP contribution < -0.4 is 5.73 Å². The maximum Gasteiger partial charge on any atom is 0.0916 e. The van der Waals surface area contributed by atoms with Crippen LogP contribution in [0.25, 0.3) is 0 Å². The van der Waals surface area contributed by atoms with Crippen LogP contribution in [0.4, 0.5) is 5.69 Å². The fraction of sp³-hybridized carbons (Fsp3) is 0.600. The van der Waals surface area contributed by atoms with E-state index >= 15 is 0 Å². The van der Waals surface area contributed by atoms with E-state index in [1.165, 1.54) is 0 Å². The van der Waals surface area contributed by atoms with Crippen molar-refractivity contribution in [2.45, 2.75) is 19.1 Å². The summed E-state index contributed by atoms with van der Waals surface area (Å²) in [4.78, 5) is 4.62. The number of likely N-dealkylation sites (tertiary alicyclic amines) is 1. The third-order valence-electron chi connectivity index (χ3n) is 4.06. The lowest BCUT2D eigenvalue weighted by Crippen LogP contribution is -2.35. The summed E-state index contributed by atoms with van der Waals surface area (Å²) >= 11 is 0. The molecule has 1 aliphatic heterocycles. The van der Waals surface area contributed by atoms with E-state index in [1.807, 2.05) is 24.3 Å². The standard InChI is InChI=1S/C15H25N3O/c1-11-8-18(9-14(11)17(2)3)10-15(19)12-4-6-13(16)7-5-12/h4-7,11,14-15,19H,8-10,16H2,1-3H3. The number of hydrogen-bond donors (Lipinski definition) is 2. The molecule has 0 aliphatic carbocycles. The van der Waals surface area contributed by atoms with Crippen LogP contribution >= 0.6 is 0 Å². The highest BCUT2D eigenvalue weighted by atomic mass is 16.3. The molecule has 3 atom stereocenters. The van der Waals surface area contributed by atoms with Crippen molar-refractivity contribution in [1.29, 1.82) is 0 Å². The van der Waals surface area contributed by atoms with Crippen molar-refractivity contribution in [2.24, 2.45) is 5.92 Å². The topological polar surface area (TPSA) is 52.7 Å². The van der Waals surface area contributed by atoms with Crippen molar-refractivity contribution in [3.63, 3.8) is 0 Å². The molecule has 2 rings (SSSR count). The van der Waals surface area contributed by atoms with Gasteiger partial charge in [-0.15, -0.1) is 0 Å². The SMILES string of the molecule is CC1CN(CC(O)c2ccc(N)cc2)CC1N(C)C. The molecule has 4 heteroatoms. The molecule has 0 saturated carbocycles. The minimum atomic E-state index is -0.436. The summed E-state index contributed by atoms with van der Waals surface area (Å²) in [7, 11) is 4.25. The van der Waals surface area contributed by atoms with Gasteiger partial charge in [-0.2, -0.15) is 0 Å². The summed E-state index contributed by atoms with van der Waals surface area (Å²) in [5.41, 5.74) is 7.34. The molecule has 4 nitrogen and oxygen atoms in total. The predicted molar refractivity (Wildman–Crippen MR) is 78.9 cm³/mol. The number of hydrogen-bond acceptors (Lipinski definition) is 4. The zero-order valence-corrected chi connectivity index (χ0v) is 12.1. The highest BCUT2D eigenvalue weighted by Crippen LogP contribution is 2.23. The van der Waals surface area contributed by atoms with Gasteiger partial charge in [0.2, 0.25) is 0 Å². The number of nitrogens with zero attached hydrogens (tertiary/aromatic N) is 2. The molecular weight excluding hydrogens is 238 g/mol. The van der Waals surface area contributed by atoms with Crippen LogP contribution in [-0.4, -0.2) is 54.7 Å². The van der Waals surface area contributed by atoms with Crippen LogP contribution in [0.1, 0.15) is 18.6 Å². The van der Waals surface area contributed by atoms with Gasteiger partial charge in [-0.05, 0) is 37.7 Å². The summed E-state index contributed by atoms with van der Waals surface area (Å²) in [6.45, 7) is 5.05. The lowest BCUT2D eigenvalue weighted by Gasteiger charge is -2.23. The van der Waals surface area contributed by atoms with E-state index in [4.69, 9.17) is 5.73 Å². The number of nitrogens with two attached hydrogens (primary N) is 1. The van der Waals surface area contributed by atoms with E-state index in [-0.39, 0.29) is 0 Å². The van der Waals surface area contributed by atoms with Gasteiger partial charge in [-0.3, -0.25) is 4.90 Å². The van der Waals surface area contributed by atoms with E-state index in [0.717, 1.165) is 24.3 Å². The highest BCUT2D eigenvalue weighted by molar-refractivity contribution is 5.39. The summed E-state index contributed by atoms with van der Waals surface area (Å²) in [5.74, 6) is 0.647. The van der Waals surface area contributed by atoms with Crippen LogP contribution in [-0.2, 0) is 0 Å². The fourth-order valence-corrected chi connectivity index (χ4v) is 2.94. The number of aliphatic hydroxyl groups excluding tert-OH is 1. The Morgan fingerprint density at radius 3 is 2.47 bits per heavy atom. The third kappa shape index (κ3) is 3.47. The van der Waals surface area contributed by atoms with E-state index in [2.05, 4.69) is 30.8 Å². The van der Waals surface area contributed by atoms with Gasteiger partial charge in [0, 0.05) is 31.4 Å². The quantitative estimate of drug-likeness (QED) is 0.801. The van der Waals surface area contributed by atoms with Gasteiger partial charge in [0.15, 0.2) is 0 Å². The molecule has 0 aromatic heterocycles. The third-order valence-corrected chi connectivity index (χ3v) is 4.06. The molecule has 1 aromatic rings. The van der Waals surface area contributed by atoms with Crippen LogP contribution in [0, 0.1) is 5.92 Å². The van der Waals surface area contributed by atoms with Crippen LogP contribution in [0.2, 0.25) is 0 Å². The number of β-amino-alcohol motifs (C(OH)–C–C–N with tert-alkyl or cyclic N) is 1. The Bertz CT molecular complexity index is 404. The lowest BCUT2D eigenvalue weighted by molar-refractivity contribution is 0.122. The maximum absolute atomic E-state index is 10.3. The molecule has 106 valence electrons. The molecule has 1 heterocycles. The molecule has 3 N–H and O–H groups in total. The average Bonchev–Trinajstić information content (AvgIpc) is 2.71. The van der Waals surface area contributed by atoms with Gasteiger partial charge in [-0.1, -0.05) is 19.1 Å². The Morgan fingerprint density at radius 1 is 1.32 bits per heavy atom. The fourth-order valence-electron chi connectivity index (χ4n) is 2.94. The summed E-state index contributed by atoms with van der Waals surface area (Å²) in [5, 5.41) is 10.3. The van der Waals surface area contributed by atoms with Crippen molar-refractivity contribution in [3.8, 4) is 0 Å². The molecule has 0 bridgehead atoms. The van der Waals surface area contributed by atoms with Crippen LogP contribution in [0.3, 0.4) is 0 Å². The second-order valence-corrected chi connectivity index (χ2v) is 5.91. The summed E-state index contributed by atoms with van der Waals surface area (Å²) < 4.78 is 0. The number of aliphatic hydroxyl groups is 1. The molecule has 1 fully saturated rings. The minimum absolute atomic E-state index is 0.436. The Labute approximate surface area is 115 Å². The molecule has 0 spiro atoms. The number of likely N-dealkylation sites (N-methyl/N-ethyl adjacent to an activating group) is 1. The van der Waals surface area contributed by atoms with E-state index in [9.17, 15) is 5.11 Å². The Kier molecular flexibility index (Phi) is 4.45. The van der Waals surface area contributed by atoms with Gasteiger partial charge >= 0.3 is 0 Å². The molecule has 1 saturated heterocycles. The van der Waals surface area contributed by atoms with Crippen molar-refractivity contribution in [1.82, 2.24) is 9.80 Å². The van der Waals surface area contributed by atoms with E-state index < -0.39 is 6.10 Å².